The zero-order valence-electron chi connectivity index (χ0n) is 5.69. The van der Waals surface area contributed by atoms with E-state index < -0.39 is 17.8 Å². The highest BCUT2D eigenvalue weighted by molar-refractivity contribution is 9.11. The van der Waals surface area contributed by atoms with Crippen molar-refractivity contribution in [2.24, 2.45) is 11.5 Å². The smallest absolute Gasteiger partial charge is 0.430 e. The molecule has 5 N–H and O–H groups in total. The molecule has 0 rings (SSSR count). The van der Waals surface area contributed by atoms with Crippen molar-refractivity contribution in [3.63, 3.8) is 0 Å². The minimum Gasteiger partial charge on any atom is -0.494 e. The number of nitrogens with two attached hydrogens (primary N) is 2. The van der Waals surface area contributed by atoms with Crippen molar-refractivity contribution in [2.45, 2.75) is 6.18 Å². The first-order valence-corrected chi connectivity index (χ1v) is 3.43. The molecule has 0 aliphatic heterocycles. The van der Waals surface area contributed by atoms with Crippen LogP contribution in [0.15, 0.2) is 22.1 Å². The average Bonchev–Trinajstić information content (AvgIpc) is 1.85. The molecule has 0 unspecified atom stereocenters. The second-order valence-corrected chi connectivity index (χ2v) is 2.68. The summed E-state index contributed by atoms with van der Waals surface area (Å²) in [6.45, 7) is 0. The fraction of sp³-hybridized carbons (Fsp3) is 0.200. The van der Waals surface area contributed by atoms with E-state index in [1.807, 2.05) is 0 Å². The van der Waals surface area contributed by atoms with Crippen molar-refractivity contribution >= 4 is 15.9 Å². The third-order valence-electron chi connectivity index (χ3n) is 0.854. The summed E-state index contributed by atoms with van der Waals surface area (Å²) in [4.78, 5) is 0. The van der Waals surface area contributed by atoms with Crippen LogP contribution in [0.25, 0.3) is 0 Å². The topological polar surface area (TPSA) is 72.3 Å². The highest BCUT2D eigenvalue weighted by Crippen LogP contribution is 2.23. The van der Waals surface area contributed by atoms with Crippen LogP contribution in [-0.4, -0.2) is 11.3 Å². The fourth-order valence-corrected chi connectivity index (χ4v) is 0.539. The molecule has 0 aromatic rings. The Bertz CT molecular complexity index is 229. The summed E-state index contributed by atoms with van der Waals surface area (Å²) in [5.41, 5.74) is 8.00. The monoisotopic (exact) mass is 246 g/mol. The molecule has 0 saturated carbocycles. The first-order chi connectivity index (χ1) is 5.25. The first kappa shape index (κ1) is 11.2. The zero-order chi connectivity index (χ0) is 9.94. The largest absolute Gasteiger partial charge is 0.494 e. The van der Waals surface area contributed by atoms with Crippen LogP contribution in [0.3, 0.4) is 0 Å². The number of aliphatic hydroxyl groups is 1. The molecule has 0 radical (unpaired) electrons. The highest BCUT2D eigenvalue weighted by Gasteiger charge is 2.31. The summed E-state index contributed by atoms with van der Waals surface area (Å²) in [6.07, 6.45) is -4.14. The van der Waals surface area contributed by atoms with E-state index in [-0.39, 0.29) is 4.48 Å². The molecule has 0 fully saturated rings. The van der Waals surface area contributed by atoms with Crippen molar-refractivity contribution in [2.75, 3.05) is 0 Å². The van der Waals surface area contributed by atoms with Gasteiger partial charge in [-0.1, -0.05) is 0 Å². The van der Waals surface area contributed by atoms with Crippen LogP contribution >= 0.6 is 15.9 Å². The van der Waals surface area contributed by atoms with Gasteiger partial charge in [0.1, 0.15) is 5.70 Å². The van der Waals surface area contributed by atoms with E-state index in [1.54, 1.807) is 0 Å². The van der Waals surface area contributed by atoms with E-state index in [0.717, 1.165) is 0 Å². The Morgan fingerprint density at radius 1 is 1.33 bits per heavy atom. The highest BCUT2D eigenvalue weighted by atomic mass is 79.9. The van der Waals surface area contributed by atoms with Gasteiger partial charge in [0.05, 0.1) is 4.48 Å². The van der Waals surface area contributed by atoms with Crippen LogP contribution in [0.4, 0.5) is 13.2 Å². The normalized spacial score (nSPS) is 15.8. The maximum absolute atomic E-state index is 11.7. The third kappa shape index (κ3) is 3.51. The molecule has 7 heteroatoms. The lowest BCUT2D eigenvalue weighted by atomic mass is 10.4. The minimum absolute atomic E-state index is 0.308. The number of rotatable bonds is 1. The van der Waals surface area contributed by atoms with Crippen LogP contribution in [0.5, 0.6) is 0 Å². The molecule has 0 amide bonds. The van der Waals surface area contributed by atoms with Crippen LogP contribution in [0.2, 0.25) is 0 Å². The summed E-state index contributed by atoms with van der Waals surface area (Å²) in [7, 11) is 0. The van der Waals surface area contributed by atoms with Gasteiger partial charge in [-0.2, -0.15) is 13.2 Å². The summed E-state index contributed by atoms with van der Waals surface area (Å²) in [5, 5.41) is 8.48. The Balaban J connectivity index is 4.71. The van der Waals surface area contributed by atoms with E-state index >= 15 is 0 Å². The van der Waals surface area contributed by atoms with Gasteiger partial charge in [0.2, 0.25) is 0 Å². The molecule has 0 bridgehead atoms. The van der Waals surface area contributed by atoms with E-state index in [9.17, 15) is 13.2 Å². The lowest BCUT2D eigenvalue weighted by molar-refractivity contribution is -0.0926. The molecule has 3 nitrogen and oxygen atoms in total. The van der Waals surface area contributed by atoms with Gasteiger partial charge in [0.15, 0.2) is 5.88 Å². The molecule has 0 aliphatic carbocycles. The molecular formula is C5H6BrF3N2O. The molecular weight excluding hydrogens is 241 g/mol. The summed E-state index contributed by atoms with van der Waals surface area (Å²) < 4.78 is 34.8. The molecule has 12 heavy (non-hydrogen) atoms. The maximum Gasteiger partial charge on any atom is 0.430 e. The standard InChI is InChI=1S/C5H6BrF3N2O/c6-2(4(11)12)1-3(10)5(7,8)9/h1,12H,10-11H2/b3-1-,4-2-. The van der Waals surface area contributed by atoms with Crippen molar-refractivity contribution in [1.82, 2.24) is 0 Å². The molecule has 0 aromatic carbocycles. The number of hydrogen-bond donors (Lipinski definition) is 3. The van der Waals surface area contributed by atoms with Gasteiger partial charge in [-0.05, 0) is 22.0 Å². The molecule has 0 saturated heterocycles. The summed E-state index contributed by atoms with van der Waals surface area (Å²) >= 11 is 2.58. The Hall–Kier alpha value is -0.850. The third-order valence-corrected chi connectivity index (χ3v) is 1.49. The lowest BCUT2D eigenvalue weighted by Gasteiger charge is -2.05. The molecule has 0 aromatic heterocycles. The fourth-order valence-electron chi connectivity index (χ4n) is 0.292. The minimum atomic E-state index is -4.62. The Morgan fingerprint density at radius 3 is 2.00 bits per heavy atom. The molecule has 70 valence electrons. The van der Waals surface area contributed by atoms with Crippen LogP contribution in [-0.2, 0) is 0 Å². The van der Waals surface area contributed by atoms with E-state index in [4.69, 9.17) is 10.8 Å². The zero-order valence-corrected chi connectivity index (χ0v) is 7.28. The summed E-state index contributed by atoms with van der Waals surface area (Å²) in [5.74, 6) is -0.762. The number of aliphatic hydroxyl groups excluding tert-OH is 1. The Kier molecular flexibility index (Phi) is 3.44. The molecule has 0 spiro atoms. The van der Waals surface area contributed by atoms with Crippen molar-refractivity contribution < 1.29 is 18.3 Å². The maximum atomic E-state index is 11.7. The average molecular weight is 247 g/mol. The lowest BCUT2D eigenvalue weighted by Crippen LogP contribution is -2.19. The number of hydrogen-bond acceptors (Lipinski definition) is 3. The number of halogens is 4. The quantitative estimate of drug-likeness (QED) is 0.485. The van der Waals surface area contributed by atoms with Gasteiger partial charge in [-0.15, -0.1) is 0 Å². The molecule has 0 heterocycles. The van der Waals surface area contributed by atoms with Gasteiger partial charge in [0.25, 0.3) is 0 Å². The number of allylic oxidation sites excluding steroid dienone is 3. The van der Waals surface area contributed by atoms with Gasteiger partial charge in [-0.25, -0.2) is 0 Å². The summed E-state index contributed by atoms with van der Waals surface area (Å²) in [6, 6.07) is 0. The van der Waals surface area contributed by atoms with E-state index in [2.05, 4.69) is 21.7 Å². The second-order valence-electron chi connectivity index (χ2n) is 1.83. The van der Waals surface area contributed by atoms with Crippen LogP contribution in [0.1, 0.15) is 0 Å². The van der Waals surface area contributed by atoms with Crippen molar-refractivity contribution in [3.8, 4) is 0 Å². The van der Waals surface area contributed by atoms with E-state index in [1.165, 1.54) is 0 Å². The van der Waals surface area contributed by atoms with Gasteiger partial charge < -0.3 is 16.6 Å². The van der Waals surface area contributed by atoms with Crippen molar-refractivity contribution in [1.29, 1.82) is 0 Å². The predicted octanol–water partition coefficient (Wildman–Crippen LogP) is 1.47. The van der Waals surface area contributed by atoms with Gasteiger partial charge in [-0.3, -0.25) is 0 Å². The Morgan fingerprint density at radius 2 is 1.75 bits per heavy atom. The Labute approximate surface area is 74.7 Å². The van der Waals surface area contributed by atoms with Crippen LogP contribution < -0.4 is 11.5 Å². The van der Waals surface area contributed by atoms with Gasteiger partial charge >= 0.3 is 6.18 Å². The van der Waals surface area contributed by atoms with Crippen molar-refractivity contribution in [3.05, 3.63) is 22.1 Å². The van der Waals surface area contributed by atoms with Gasteiger partial charge in [0, 0.05) is 0 Å². The molecule has 0 atom stereocenters. The number of alkyl halides is 3. The van der Waals surface area contributed by atoms with E-state index in [0.29, 0.717) is 6.08 Å². The predicted molar refractivity (Wildman–Crippen MR) is 41.1 cm³/mol. The SMILES string of the molecule is N/C(=C\C(Br)=C(/N)O)C(F)(F)F. The first-order valence-electron chi connectivity index (χ1n) is 2.63. The molecule has 0 aliphatic rings. The second kappa shape index (κ2) is 3.70. The van der Waals surface area contributed by atoms with Crippen LogP contribution in [0, 0.1) is 0 Å².